The monoisotopic (exact) mass is 547 g/mol. The maximum absolute atomic E-state index is 13.4. The summed E-state index contributed by atoms with van der Waals surface area (Å²) in [7, 11) is -3.83. The van der Waals surface area contributed by atoms with Crippen LogP contribution in [0.4, 0.5) is 0 Å². The second kappa shape index (κ2) is 13.9. The molecule has 0 aliphatic heterocycles. The van der Waals surface area contributed by atoms with Crippen LogP contribution in [0.25, 0.3) is 0 Å². The molecular weight excluding hydrogens is 514 g/mol. The lowest BCUT2D eigenvalue weighted by Crippen LogP contribution is -2.32. The average molecular weight is 548 g/mol. The molecule has 0 bridgehead atoms. The number of benzene rings is 2. The molecule has 0 saturated carbocycles. The van der Waals surface area contributed by atoms with Crippen LogP contribution in [0.5, 0.6) is 0 Å². The summed E-state index contributed by atoms with van der Waals surface area (Å²) >= 11 is 7.52. The minimum absolute atomic E-state index is 0.152. The standard InChI is InChI=1S/C26H34ClN5O2S2/c1-4-19-35-26-29-28-25(32(26)18-10-17-31(5-2)6-3)24(20-21-11-8-7-9-12-21)30-36(33,34)23-15-13-22(27)14-16-23/h4,7-9,11-16,24,30H,1,5-6,10,17-20H2,2-3H3/t24-/m1/s1. The number of nitrogens with one attached hydrogen (secondary N) is 1. The third-order valence-corrected chi connectivity index (χ3v) is 8.54. The highest BCUT2D eigenvalue weighted by atomic mass is 35.5. The number of aromatic nitrogens is 3. The summed E-state index contributed by atoms with van der Waals surface area (Å²) in [6, 6.07) is 15.3. The van der Waals surface area contributed by atoms with Crippen LogP contribution >= 0.6 is 23.4 Å². The molecule has 0 spiro atoms. The molecule has 10 heteroatoms. The topological polar surface area (TPSA) is 80.1 Å². The molecule has 36 heavy (non-hydrogen) atoms. The normalized spacial score (nSPS) is 12.7. The van der Waals surface area contributed by atoms with Crippen molar-refractivity contribution >= 4 is 33.4 Å². The lowest BCUT2D eigenvalue weighted by Gasteiger charge is -2.22. The minimum atomic E-state index is -3.83. The predicted molar refractivity (Wildman–Crippen MR) is 148 cm³/mol. The predicted octanol–water partition coefficient (Wildman–Crippen LogP) is 5.20. The van der Waals surface area contributed by atoms with Crippen molar-refractivity contribution in [2.45, 2.75) is 49.3 Å². The zero-order valence-corrected chi connectivity index (χ0v) is 23.2. The van der Waals surface area contributed by atoms with Crippen molar-refractivity contribution in [1.82, 2.24) is 24.4 Å². The highest BCUT2D eigenvalue weighted by molar-refractivity contribution is 7.99. The lowest BCUT2D eigenvalue weighted by molar-refractivity contribution is 0.290. The van der Waals surface area contributed by atoms with Gasteiger partial charge in [-0.05, 0) is 62.3 Å². The van der Waals surface area contributed by atoms with Gasteiger partial charge >= 0.3 is 0 Å². The Morgan fingerprint density at radius 3 is 2.44 bits per heavy atom. The van der Waals surface area contributed by atoms with Crippen LogP contribution in [-0.4, -0.2) is 53.5 Å². The summed E-state index contributed by atoms with van der Waals surface area (Å²) in [5.74, 6) is 1.29. The van der Waals surface area contributed by atoms with Gasteiger partial charge in [-0.15, -0.1) is 16.8 Å². The van der Waals surface area contributed by atoms with Crippen molar-refractivity contribution in [3.63, 3.8) is 0 Å². The van der Waals surface area contributed by atoms with Crippen LogP contribution in [0, 0.1) is 0 Å². The summed E-state index contributed by atoms with van der Waals surface area (Å²) < 4.78 is 31.6. The number of nitrogens with zero attached hydrogens (tertiary/aromatic N) is 4. The SMILES string of the molecule is C=CCSc1nnc([C@@H](Cc2ccccc2)NS(=O)(=O)c2ccc(Cl)cc2)n1CCCN(CC)CC. The van der Waals surface area contributed by atoms with Crippen molar-refractivity contribution in [1.29, 1.82) is 0 Å². The van der Waals surface area contributed by atoms with Gasteiger partial charge in [0.05, 0.1) is 10.9 Å². The first-order chi connectivity index (χ1) is 17.4. The van der Waals surface area contributed by atoms with Gasteiger partial charge in [0, 0.05) is 17.3 Å². The molecule has 0 fully saturated rings. The number of hydrogen-bond donors (Lipinski definition) is 1. The van der Waals surface area contributed by atoms with Gasteiger partial charge in [0.2, 0.25) is 10.0 Å². The van der Waals surface area contributed by atoms with Crippen molar-refractivity contribution < 1.29 is 8.42 Å². The number of thioether (sulfide) groups is 1. The molecule has 7 nitrogen and oxygen atoms in total. The van der Waals surface area contributed by atoms with Gasteiger partial charge in [-0.25, -0.2) is 13.1 Å². The average Bonchev–Trinajstić information content (AvgIpc) is 3.28. The van der Waals surface area contributed by atoms with Gasteiger partial charge in [-0.2, -0.15) is 0 Å². The molecule has 0 unspecified atom stereocenters. The van der Waals surface area contributed by atoms with Crippen molar-refractivity contribution in [2.75, 3.05) is 25.4 Å². The maximum atomic E-state index is 13.4. The van der Waals surface area contributed by atoms with Crippen LogP contribution in [0.3, 0.4) is 0 Å². The summed E-state index contributed by atoms with van der Waals surface area (Å²) in [5.41, 5.74) is 0.999. The van der Waals surface area contributed by atoms with Crippen molar-refractivity contribution in [2.24, 2.45) is 0 Å². The fourth-order valence-corrected chi connectivity index (χ4v) is 5.93. The van der Waals surface area contributed by atoms with E-state index >= 15 is 0 Å². The second-order valence-corrected chi connectivity index (χ2v) is 11.4. The number of halogens is 1. The van der Waals surface area contributed by atoms with E-state index < -0.39 is 16.1 Å². The molecule has 1 heterocycles. The van der Waals surface area contributed by atoms with E-state index in [4.69, 9.17) is 11.6 Å². The van der Waals surface area contributed by atoms with Crippen LogP contribution in [0.15, 0.2) is 77.3 Å². The van der Waals surface area contributed by atoms with E-state index in [2.05, 4.69) is 44.8 Å². The number of hydrogen-bond acceptors (Lipinski definition) is 6. The molecule has 1 N–H and O–H groups in total. The highest BCUT2D eigenvalue weighted by Crippen LogP contribution is 2.26. The zero-order chi connectivity index (χ0) is 26.0. The smallest absolute Gasteiger partial charge is 0.241 e. The molecule has 0 radical (unpaired) electrons. The molecule has 3 rings (SSSR count). The molecule has 0 amide bonds. The Bertz CT molecular complexity index is 1200. The Morgan fingerprint density at radius 1 is 1.11 bits per heavy atom. The van der Waals surface area contributed by atoms with Gasteiger partial charge in [-0.3, -0.25) is 0 Å². The number of rotatable bonds is 15. The van der Waals surface area contributed by atoms with E-state index in [0.717, 1.165) is 36.8 Å². The summed E-state index contributed by atoms with van der Waals surface area (Å²) in [6.45, 7) is 11.7. The fraction of sp³-hybridized carbons (Fsp3) is 0.385. The van der Waals surface area contributed by atoms with Gasteiger partial charge in [-0.1, -0.05) is 73.6 Å². The number of sulfonamides is 1. The Kier molecular flexibility index (Phi) is 11.0. The molecule has 0 aliphatic carbocycles. The molecule has 2 aromatic carbocycles. The fourth-order valence-electron chi connectivity index (χ4n) is 3.90. The molecule has 194 valence electrons. The Morgan fingerprint density at radius 2 is 1.81 bits per heavy atom. The van der Waals surface area contributed by atoms with Crippen LogP contribution in [0.1, 0.15) is 37.7 Å². The van der Waals surface area contributed by atoms with Gasteiger partial charge in [0.25, 0.3) is 0 Å². The molecule has 0 aliphatic rings. The summed E-state index contributed by atoms with van der Waals surface area (Å²) in [5, 5.41) is 10.2. The van der Waals surface area contributed by atoms with Crippen molar-refractivity contribution in [3.05, 3.63) is 83.7 Å². The van der Waals surface area contributed by atoms with E-state index in [1.807, 2.05) is 36.4 Å². The Labute approximate surface area is 224 Å². The minimum Gasteiger partial charge on any atom is -0.305 e. The summed E-state index contributed by atoms with van der Waals surface area (Å²) in [4.78, 5) is 2.52. The third-order valence-electron chi connectivity index (χ3n) is 5.84. The maximum Gasteiger partial charge on any atom is 0.241 e. The van der Waals surface area contributed by atoms with E-state index in [1.165, 1.54) is 12.1 Å². The highest BCUT2D eigenvalue weighted by Gasteiger charge is 2.27. The molecule has 3 aromatic rings. The van der Waals surface area contributed by atoms with Crippen LogP contribution in [-0.2, 0) is 23.0 Å². The third kappa shape index (κ3) is 7.91. The van der Waals surface area contributed by atoms with Crippen LogP contribution in [0.2, 0.25) is 5.02 Å². The molecule has 0 saturated heterocycles. The van der Waals surface area contributed by atoms with E-state index in [9.17, 15) is 8.42 Å². The van der Waals surface area contributed by atoms with E-state index in [-0.39, 0.29) is 4.90 Å². The van der Waals surface area contributed by atoms with Gasteiger partial charge in [0.1, 0.15) is 0 Å². The molecular formula is C26H34ClN5O2S2. The zero-order valence-electron chi connectivity index (χ0n) is 20.8. The quantitative estimate of drug-likeness (QED) is 0.208. The molecule has 1 aromatic heterocycles. The first kappa shape index (κ1) is 28.4. The first-order valence-electron chi connectivity index (χ1n) is 12.1. The van der Waals surface area contributed by atoms with Gasteiger partial charge < -0.3 is 9.47 Å². The summed E-state index contributed by atoms with van der Waals surface area (Å²) in [6.07, 6.45) is 3.16. The van der Waals surface area contributed by atoms with Crippen LogP contribution < -0.4 is 4.72 Å². The Hall–Kier alpha value is -2.17. The second-order valence-electron chi connectivity index (χ2n) is 8.29. The molecule has 1 atom stereocenters. The lowest BCUT2D eigenvalue weighted by atomic mass is 10.1. The largest absolute Gasteiger partial charge is 0.305 e. The Balaban J connectivity index is 1.96. The van der Waals surface area contributed by atoms with E-state index in [1.54, 1.807) is 23.9 Å². The first-order valence-corrected chi connectivity index (χ1v) is 14.9. The van der Waals surface area contributed by atoms with E-state index in [0.29, 0.717) is 29.6 Å². The van der Waals surface area contributed by atoms with Crippen molar-refractivity contribution in [3.8, 4) is 0 Å². The van der Waals surface area contributed by atoms with Gasteiger partial charge in [0.15, 0.2) is 11.0 Å².